The summed E-state index contributed by atoms with van der Waals surface area (Å²) in [6.07, 6.45) is 0.465. The van der Waals surface area contributed by atoms with Crippen LogP contribution in [0.25, 0.3) is 0 Å². The first-order valence-electron chi connectivity index (χ1n) is 10.5. The Bertz CT molecular complexity index is 1080. The zero-order valence-electron chi connectivity index (χ0n) is 18.1. The molecule has 3 aromatic rings. The average molecular weight is 517 g/mol. The van der Waals surface area contributed by atoms with Gasteiger partial charge in [-0.25, -0.2) is 8.42 Å². The molecule has 0 radical (unpaired) electrons. The molecule has 0 amide bonds. The van der Waals surface area contributed by atoms with Crippen LogP contribution < -0.4 is 4.31 Å². The average Bonchev–Trinajstić information content (AvgIpc) is 2.78. The third-order valence-electron chi connectivity index (χ3n) is 5.19. The van der Waals surface area contributed by atoms with E-state index in [4.69, 9.17) is 0 Å². The molecule has 5 nitrogen and oxygen atoms in total. The van der Waals surface area contributed by atoms with E-state index in [1.165, 1.54) is 16.1 Å². The third-order valence-corrected chi connectivity index (χ3v) is 6.69. The van der Waals surface area contributed by atoms with Crippen molar-refractivity contribution in [2.45, 2.75) is 19.2 Å². The van der Waals surface area contributed by atoms with Crippen LogP contribution >= 0.6 is 15.9 Å². The Balaban J connectivity index is 1.79. The molecule has 7 heteroatoms. The summed E-state index contributed by atoms with van der Waals surface area (Å²) in [5, 5.41) is 11.8. The monoisotopic (exact) mass is 516 g/mol. The van der Waals surface area contributed by atoms with Gasteiger partial charge in [0, 0.05) is 25.0 Å². The lowest BCUT2D eigenvalue weighted by Crippen LogP contribution is -2.31. The fourth-order valence-corrected chi connectivity index (χ4v) is 4.96. The van der Waals surface area contributed by atoms with Crippen LogP contribution in [0.1, 0.15) is 22.8 Å². The summed E-state index contributed by atoms with van der Waals surface area (Å²) in [6.45, 7) is 2.20. The van der Waals surface area contributed by atoms with E-state index in [0.29, 0.717) is 17.8 Å². The van der Waals surface area contributed by atoms with Crippen LogP contribution in [-0.2, 0) is 23.1 Å². The van der Waals surface area contributed by atoms with Gasteiger partial charge in [-0.1, -0.05) is 88.7 Å². The first-order chi connectivity index (χ1) is 15.4. The fraction of sp³-hybridized carbons (Fsp3) is 0.280. The van der Waals surface area contributed by atoms with Crippen molar-refractivity contribution < 1.29 is 13.5 Å². The lowest BCUT2D eigenvalue weighted by atomic mass is 10.1. The van der Waals surface area contributed by atoms with Crippen LogP contribution in [0, 0.1) is 0 Å². The number of hydrogen-bond acceptors (Lipinski definition) is 4. The predicted octanol–water partition coefficient (Wildman–Crippen LogP) is 4.58. The normalized spacial score (nSPS) is 12.6. The number of rotatable bonds is 11. The number of alkyl halides is 1. The standard InChI is InChI=1S/C25H29BrN2O3S/c1-32(30,31)28(19-22-11-6-3-7-12-22)24-14-8-13-23(17-24)25(29)20-27(16-15-26)18-21-9-4-2-5-10-21/h2-14,17,25,29H,15-16,18-20H2,1H3. The summed E-state index contributed by atoms with van der Waals surface area (Å²) in [4.78, 5) is 2.18. The topological polar surface area (TPSA) is 60.9 Å². The molecule has 0 heterocycles. The van der Waals surface area contributed by atoms with Crippen LogP contribution in [0.2, 0.25) is 0 Å². The molecule has 1 N–H and O–H groups in total. The van der Waals surface area contributed by atoms with E-state index >= 15 is 0 Å². The smallest absolute Gasteiger partial charge is 0.232 e. The molecule has 0 saturated carbocycles. The van der Waals surface area contributed by atoms with Gasteiger partial charge < -0.3 is 5.11 Å². The van der Waals surface area contributed by atoms with Crippen molar-refractivity contribution >= 4 is 31.6 Å². The minimum absolute atomic E-state index is 0.239. The van der Waals surface area contributed by atoms with Gasteiger partial charge >= 0.3 is 0 Å². The Morgan fingerprint density at radius 1 is 0.875 bits per heavy atom. The highest BCUT2D eigenvalue weighted by Crippen LogP contribution is 2.25. The van der Waals surface area contributed by atoms with E-state index in [1.807, 2.05) is 54.6 Å². The minimum Gasteiger partial charge on any atom is -0.387 e. The number of anilines is 1. The molecule has 0 fully saturated rings. The van der Waals surface area contributed by atoms with Gasteiger partial charge in [0.25, 0.3) is 0 Å². The molecule has 0 saturated heterocycles. The van der Waals surface area contributed by atoms with E-state index in [2.05, 4.69) is 33.0 Å². The molecule has 3 aromatic carbocycles. The third kappa shape index (κ3) is 7.17. The van der Waals surface area contributed by atoms with Crippen molar-refractivity contribution in [1.82, 2.24) is 4.90 Å². The molecular weight excluding hydrogens is 488 g/mol. The van der Waals surface area contributed by atoms with Crippen molar-refractivity contribution in [3.8, 4) is 0 Å². The summed E-state index contributed by atoms with van der Waals surface area (Å²) in [5.41, 5.74) is 3.32. The molecule has 170 valence electrons. The van der Waals surface area contributed by atoms with E-state index in [1.54, 1.807) is 18.2 Å². The maximum absolute atomic E-state index is 12.5. The summed E-state index contributed by atoms with van der Waals surface area (Å²) >= 11 is 3.50. The molecule has 3 rings (SSSR count). The second-order valence-corrected chi connectivity index (χ2v) is 10.5. The first-order valence-corrected chi connectivity index (χ1v) is 13.5. The zero-order chi connectivity index (χ0) is 23.0. The van der Waals surface area contributed by atoms with Crippen LogP contribution in [-0.4, -0.2) is 43.1 Å². The molecule has 32 heavy (non-hydrogen) atoms. The SMILES string of the molecule is CS(=O)(=O)N(Cc1ccccc1)c1cccc(C(O)CN(CCBr)Cc2ccccc2)c1. The van der Waals surface area contributed by atoms with Crippen molar-refractivity contribution in [2.24, 2.45) is 0 Å². The van der Waals surface area contributed by atoms with Gasteiger partial charge in [-0.2, -0.15) is 0 Å². The highest BCUT2D eigenvalue weighted by Gasteiger charge is 2.20. The summed E-state index contributed by atoms with van der Waals surface area (Å²) in [5.74, 6) is 0. The molecule has 0 aromatic heterocycles. The molecular formula is C25H29BrN2O3S. The fourth-order valence-electron chi connectivity index (χ4n) is 3.58. The second kappa shape index (κ2) is 11.6. The number of aliphatic hydroxyl groups excluding tert-OH is 1. The quantitative estimate of drug-likeness (QED) is 0.379. The van der Waals surface area contributed by atoms with Crippen molar-refractivity contribution in [2.75, 3.05) is 29.0 Å². The van der Waals surface area contributed by atoms with Crippen LogP contribution in [0.5, 0.6) is 0 Å². The zero-order valence-corrected chi connectivity index (χ0v) is 20.5. The number of aliphatic hydroxyl groups is 1. The van der Waals surface area contributed by atoms with Crippen molar-refractivity contribution in [3.05, 3.63) is 102 Å². The molecule has 0 bridgehead atoms. The summed E-state index contributed by atoms with van der Waals surface area (Å²) < 4.78 is 26.4. The first kappa shape index (κ1) is 24.5. The van der Waals surface area contributed by atoms with Gasteiger partial charge in [-0.15, -0.1) is 0 Å². The number of halogens is 1. The minimum atomic E-state index is -3.50. The molecule has 0 spiro atoms. The Kier molecular flexibility index (Phi) is 8.87. The van der Waals surface area contributed by atoms with Gasteiger partial charge in [0.05, 0.1) is 24.6 Å². The lowest BCUT2D eigenvalue weighted by Gasteiger charge is -2.26. The predicted molar refractivity (Wildman–Crippen MR) is 134 cm³/mol. The Hall–Kier alpha value is -2.19. The highest BCUT2D eigenvalue weighted by atomic mass is 79.9. The molecule has 1 unspecified atom stereocenters. The lowest BCUT2D eigenvalue weighted by molar-refractivity contribution is 0.113. The van der Waals surface area contributed by atoms with Crippen LogP contribution in [0.3, 0.4) is 0 Å². The number of hydrogen-bond donors (Lipinski definition) is 1. The van der Waals surface area contributed by atoms with Crippen molar-refractivity contribution in [1.29, 1.82) is 0 Å². The molecule has 0 aliphatic carbocycles. The Morgan fingerprint density at radius 3 is 2.03 bits per heavy atom. The molecule has 1 atom stereocenters. The summed E-state index contributed by atoms with van der Waals surface area (Å²) in [7, 11) is -3.50. The highest BCUT2D eigenvalue weighted by molar-refractivity contribution is 9.09. The van der Waals surface area contributed by atoms with E-state index in [0.717, 1.165) is 24.0 Å². The second-order valence-electron chi connectivity index (χ2n) is 7.78. The van der Waals surface area contributed by atoms with Crippen molar-refractivity contribution in [3.63, 3.8) is 0 Å². The Morgan fingerprint density at radius 2 is 1.47 bits per heavy atom. The maximum Gasteiger partial charge on any atom is 0.232 e. The van der Waals surface area contributed by atoms with Crippen LogP contribution in [0.4, 0.5) is 5.69 Å². The number of nitrogens with zero attached hydrogens (tertiary/aromatic N) is 2. The summed E-state index contributed by atoms with van der Waals surface area (Å²) in [6, 6.07) is 26.8. The Labute approximate surface area is 199 Å². The van der Waals surface area contributed by atoms with Crippen LogP contribution in [0.15, 0.2) is 84.9 Å². The molecule has 0 aliphatic rings. The van der Waals surface area contributed by atoms with E-state index in [-0.39, 0.29) is 6.54 Å². The van der Waals surface area contributed by atoms with Gasteiger partial charge in [-0.05, 0) is 28.8 Å². The number of benzene rings is 3. The van der Waals surface area contributed by atoms with Gasteiger partial charge in [-0.3, -0.25) is 9.21 Å². The number of sulfonamides is 1. The van der Waals surface area contributed by atoms with E-state index in [9.17, 15) is 13.5 Å². The maximum atomic E-state index is 12.5. The van der Waals surface area contributed by atoms with E-state index < -0.39 is 16.1 Å². The van der Waals surface area contributed by atoms with Gasteiger partial charge in [0.1, 0.15) is 0 Å². The van der Waals surface area contributed by atoms with Gasteiger partial charge in [0.2, 0.25) is 10.0 Å². The molecule has 0 aliphatic heterocycles. The largest absolute Gasteiger partial charge is 0.387 e. The van der Waals surface area contributed by atoms with Gasteiger partial charge in [0.15, 0.2) is 0 Å².